The van der Waals surface area contributed by atoms with Crippen LogP contribution in [-0.4, -0.2) is 22.0 Å². The van der Waals surface area contributed by atoms with Gasteiger partial charge in [-0.2, -0.15) is 0 Å². The molecule has 0 aliphatic carbocycles. The Kier molecular flexibility index (Phi) is 4.04. The van der Waals surface area contributed by atoms with Gasteiger partial charge in [0.1, 0.15) is 0 Å². The molecule has 0 saturated carbocycles. The number of hydrogen-bond acceptors (Lipinski definition) is 3. The van der Waals surface area contributed by atoms with Crippen LogP contribution in [0, 0.1) is 0 Å². The highest BCUT2D eigenvalue weighted by Crippen LogP contribution is 2.12. The fourth-order valence-corrected chi connectivity index (χ4v) is 1.92. The highest BCUT2D eigenvalue weighted by Gasteiger charge is 2.07. The molecule has 0 unspecified atom stereocenters. The molecule has 1 heterocycles. The number of hydrogen-bond donors (Lipinski definition) is 2. The highest BCUT2D eigenvalue weighted by molar-refractivity contribution is 7.80. The molecule has 5 heteroatoms. The lowest BCUT2D eigenvalue weighted by Crippen LogP contribution is -2.26. The summed E-state index contributed by atoms with van der Waals surface area (Å²) in [7, 11) is 1.92. The Morgan fingerprint density at radius 2 is 2.22 bits per heavy atom. The van der Waals surface area contributed by atoms with E-state index in [2.05, 4.69) is 22.9 Å². The summed E-state index contributed by atoms with van der Waals surface area (Å²) in [4.78, 5) is 16.8. The van der Waals surface area contributed by atoms with Crippen molar-refractivity contribution < 1.29 is 4.79 Å². The van der Waals surface area contributed by atoms with Crippen LogP contribution in [0.3, 0.4) is 0 Å². The fraction of sp³-hybridized carbons (Fsp3) is 0.231. The number of carbonyl (C=O) groups excluding carboxylic acids is 1. The van der Waals surface area contributed by atoms with Gasteiger partial charge in [-0.15, -0.1) is 12.6 Å². The van der Waals surface area contributed by atoms with Crippen LogP contribution in [-0.2, 0) is 13.5 Å². The molecule has 2 aromatic rings. The molecule has 0 atom stereocenters. The number of thiol groups is 1. The van der Waals surface area contributed by atoms with Gasteiger partial charge in [0.25, 0.3) is 5.91 Å². The van der Waals surface area contributed by atoms with Gasteiger partial charge >= 0.3 is 0 Å². The van der Waals surface area contributed by atoms with E-state index in [1.54, 1.807) is 18.5 Å². The monoisotopic (exact) mass is 261 g/mol. The molecule has 2 rings (SSSR count). The van der Waals surface area contributed by atoms with Gasteiger partial charge in [-0.1, -0.05) is 12.1 Å². The first-order chi connectivity index (χ1) is 8.66. The second-order valence-corrected chi connectivity index (χ2v) is 4.54. The molecule has 1 amide bonds. The summed E-state index contributed by atoms with van der Waals surface area (Å²) in [5.74, 6) is -0.100. The van der Waals surface area contributed by atoms with Gasteiger partial charge in [-0.05, 0) is 12.1 Å². The zero-order valence-corrected chi connectivity index (χ0v) is 11.0. The molecular weight excluding hydrogens is 246 g/mol. The molecule has 0 aliphatic rings. The van der Waals surface area contributed by atoms with Gasteiger partial charge in [-0.3, -0.25) is 4.79 Å². The van der Waals surface area contributed by atoms with Crippen molar-refractivity contribution in [3.8, 4) is 0 Å². The van der Waals surface area contributed by atoms with E-state index in [9.17, 15) is 4.79 Å². The largest absolute Gasteiger partial charge is 0.352 e. The summed E-state index contributed by atoms with van der Waals surface area (Å²) in [5.41, 5.74) is 1.57. The quantitative estimate of drug-likeness (QED) is 0.823. The topological polar surface area (TPSA) is 46.9 Å². The van der Waals surface area contributed by atoms with Crippen molar-refractivity contribution in [3.05, 3.63) is 48.0 Å². The molecule has 0 saturated heterocycles. The first-order valence-electron chi connectivity index (χ1n) is 5.70. The lowest BCUT2D eigenvalue weighted by Gasteiger charge is -2.05. The average Bonchev–Trinajstić information content (AvgIpc) is 2.75. The molecule has 0 fully saturated rings. The van der Waals surface area contributed by atoms with E-state index < -0.39 is 0 Å². The van der Waals surface area contributed by atoms with Crippen LogP contribution in [0.4, 0.5) is 0 Å². The van der Waals surface area contributed by atoms with Crippen LogP contribution in [0.5, 0.6) is 0 Å². The van der Waals surface area contributed by atoms with Crippen LogP contribution in [0.2, 0.25) is 0 Å². The Morgan fingerprint density at radius 1 is 1.44 bits per heavy atom. The zero-order chi connectivity index (χ0) is 13.0. The molecule has 0 bridgehead atoms. The molecule has 18 heavy (non-hydrogen) atoms. The van der Waals surface area contributed by atoms with Crippen LogP contribution >= 0.6 is 12.6 Å². The minimum Gasteiger partial charge on any atom is -0.352 e. The molecule has 1 aromatic heterocycles. The summed E-state index contributed by atoms with van der Waals surface area (Å²) in [6.45, 7) is 0.567. The third-order valence-corrected chi connectivity index (χ3v) is 2.96. The van der Waals surface area contributed by atoms with Gasteiger partial charge in [0.15, 0.2) is 0 Å². The molecule has 0 aliphatic heterocycles. The maximum Gasteiger partial charge on any atom is 0.252 e. The smallest absolute Gasteiger partial charge is 0.252 e. The molecule has 1 aromatic carbocycles. The van der Waals surface area contributed by atoms with Crippen LogP contribution in [0.1, 0.15) is 16.1 Å². The number of benzene rings is 1. The molecule has 0 spiro atoms. The molecule has 4 nitrogen and oxygen atoms in total. The van der Waals surface area contributed by atoms with Gasteiger partial charge in [0.05, 0.1) is 17.6 Å². The number of carbonyl (C=O) groups is 1. The zero-order valence-electron chi connectivity index (χ0n) is 10.1. The first-order valence-corrected chi connectivity index (χ1v) is 6.14. The van der Waals surface area contributed by atoms with Crippen LogP contribution in [0.15, 0.2) is 41.7 Å². The van der Waals surface area contributed by atoms with Gasteiger partial charge in [0, 0.05) is 31.1 Å². The van der Waals surface area contributed by atoms with E-state index in [-0.39, 0.29) is 5.91 Å². The second kappa shape index (κ2) is 5.73. The fourth-order valence-electron chi connectivity index (χ4n) is 1.66. The predicted molar refractivity (Wildman–Crippen MR) is 72.9 cm³/mol. The maximum absolute atomic E-state index is 11.9. The van der Waals surface area contributed by atoms with Crippen molar-refractivity contribution in [3.63, 3.8) is 0 Å². The first kappa shape index (κ1) is 12.7. The van der Waals surface area contributed by atoms with Gasteiger partial charge in [-0.25, -0.2) is 4.98 Å². The number of rotatable bonds is 4. The normalized spacial score (nSPS) is 10.3. The molecule has 1 N–H and O–H groups in total. The van der Waals surface area contributed by atoms with E-state index in [1.165, 1.54) is 0 Å². The molecule has 94 valence electrons. The Morgan fingerprint density at radius 3 is 2.89 bits per heavy atom. The summed E-state index contributed by atoms with van der Waals surface area (Å²) >= 11 is 4.26. The summed E-state index contributed by atoms with van der Waals surface area (Å²) in [6, 6.07) is 7.25. The van der Waals surface area contributed by atoms with Crippen molar-refractivity contribution in [1.29, 1.82) is 0 Å². The number of nitrogens with zero attached hydrogens (tertiary/aromatic N) is 2. The van der Waals surface area contributed by atoms with Crippen molar-refractivity contribution in [2.24, 2.45) is 7.05 Å². The van der Waals surface area contributed by atoms with E-state index in [0.717, 1.165) is 12.1 Å². The number of amides is 1. The SMILES string of the molecule is Cn1cnc(CCNC(=O)c2ccccc2S)c1. The lowest BCUT2D eigenvalue weighted by atomic mass is 10.2. The van der Waals surface area contributed by atoms with E-state index in [0.29, 0.717) is 17.0 Å². The summed E-state index contributed by atoms with van der Waals surface area (Å²) in [6.07, 6.45) is 4.42. The van der Waals surface area contributed by atoms with Crippen LogP contribution in [0.25, 0.3) is 0 Å². The van der Waals surface area contributed by atoms with Gasteiger partial charge < -0.3 is 9.88 Å². The third-order valence-electron chi connectivity index (χ3n) is 2.57. The molecular formula is C13H15N3OS. The van der Waals surface area contributed by atoms with Gasteiger partial charge in [0.2, 0.25) is 0 Å². The Hall–Kier alpha value is -1.75. The number of imidazole rings is 1. The number of nitrogens with one attached hydrogen (secondary N) is 1. The Balaban J connectivity index is 1.87. The Bertz CT molecular complexity index is 551. The van der Waals surface area contributed by atoms with Crippen molar-refractivity contribution in [2.75, 3.05) is 6.54 Å². The van der Waals surface area contributed by atoms with Crippen molar-refractivity contribution >= 4 is 18.5 Å². The lowest BCUT2D eigenvalue weighted by molar-refractivity contribution is 0.0951. The summed E-state index contributed by atoms with van der Waals surface area (Å²) < 4.78 is 1.89. The minimum atomic E-state index is -0.100. The standard InChI is InChI=1S/C13H15N3OS/c1-16-8-10(15-9-16)6-7-14-13(17)11-4-2-3-5-12(11)18/h2-5,8-9,18H,6-7H2,1H3,(H,14,17). The molecule has 0 radical (unpaired) electrons. The predicted octanol–water partition coefficient (Wildman–Crippen LogP) is 1.68. The van der Waals surface area contributed by atoms with E-state index >= 15 is 0 Å². The average molecular weight is 261 g/mol. The van der Waals surface area contributed by atoms with E-state index in [1.807, 2.05) is 29.9 Å². The highest BCUT2D eigenvalue weighted by atomic mass is 32.1. The second-order valence-electron chi connectivity index (χ2n) is 4.05. The summed E-state index contributed by atoms with van der Waals surface area (Å²) in [5, 5.41) is 2.86. The van der Waals surface area contributed by atoms with Crippen molar-refractivity contribution in [2.45, 2.75) is 11.3 Å². The number of aryl methyl sites for hydroxylation is 1. The Labute approximate surface area is 111 Å². The third kappa shape index (κ3) is 3.13. The maximum atomic E-state index is 11.9. The van der Waals surface area contributed by atoms with Crippen molar-refractivity contribution in [1.82, 2.24) is 14.9 Å². The van der Waals surface area contributed by atoms with E-state index in [4.69, 9.17) is 0 Å². The minimum absolute atomic E-state index is 0.100. The number of aromatic nitrogens is 2. The van der Waals surface area contributed by atoms with Crippen LogP contribution < -0.4 is 5.32 Å².